The number of amides is 1. The number of nitrogens with zero attached hydrogens (tertiary/aromatic N) is 1. The van der Waals surface area contributed by atoms with Crippen LogP contribution in [0.15, 0.2) is 47.4 Å². The van der Waals surface area contributed by atoms with Crippen molar-refractivity contribution in [3.63, 3.8) is 0 Å². The first-order valence-electron chi connectivity index (χ1n) is 8.06. The van der Waals surface area contributed by atoms with Gasteiger partial charge in [0.25, 0.3) is 0 Å². The molecule has 0 saturated carbocycles. The van der Waals surface area contributed by atoms with Gasteiger partial charge in [-0.05, 0) is 30.3 Å². The summed E-state index contributed by atoms with van der Waals surface area (Å²) in [6, 6.07) is 11.3. The Balaban J connectivity index is 2.04. The molecule has 2 aromatic carbocycles. The Kier molecular flexibility index (Phi) is 6.65. The smallest absolute Gasteiger partial charge is 0.243 e. The van der Waals surface area contributed by atoms with Gasteiger partial charge in [0.1, 0.15) is 11.5 Å². The zero-order chi connectivity index (χ0) is 20.0. The third kappa shape index (κ3) is 5.11. The lowest BCUT2D eigenvalue weighted by molar-refractivity contribution is -0.114. The van der Waals surface area contributed by atoms with Crippen LogP contribution in [0.5, 0.6) is 11.5 Å². The molecule has 2 N–H and O–H groups in total. The lowest BCUT2D eigenvalue weighted by Crippen LogP contribution is -2.23. The van der Waals surface area contributed by atoms with E-state index < -0.39 is 10.0 Å². The fourth-order valence-corrected chi connectivity index (χ4v) is 3.20. The van der Waals surface area contributed by atoms with Gasteiger partial charge in [-0.2, -0.15) is 0 Å². The number of carbonyl (C=O) groups is 1. The van der Waals surface area contributed by atoms with E-state index in [2.05, 4.69) is 10.6 Å². The average molecular weight is 393 g/mol. The molecule has 0 aliphatic rings. The fourth-order valence-electron chi connectivity index (χ4n) is 2.26. The number of sulfonamides is 1. The van der Waals surface area contributed by atoms with Crippen molar-refractivity contribution >= 4 is 27.3 Å². The summed E-state index contributed by atoms with van der Waals surface area (Å²) in [7, 11) is 2.43. The lowest BCUT2D eigenvalue weighted by atomic mass is 10.2. The van der Waals surface area contributed by atoms with Gasteiger partial charge in [0.2, 0.25) is 15.9 Å². The summed E-state index contributed by atoms with van der Waals surface area (Å²) in [4.78, 5) is 12.4. The molecule has 27 heavy (non-hydrogen) atoms. The molecule has 8 nitrogen and oxygen atoms in total. The molecule has 0 atom stereocenters. The maximum atomic E-state index is 12.2. The largest absolute Gasteiger partial charge is 0.497 e. The van der Waals surface area contributed by atoms with Gasteiger partial charge in [-0.3, -0.25) is 4.79 Å². The molecule has 146 valence electrons. The minimum absolute atomic E-state index is 0.0410. The first-order chi connectivity index (χ1) is 12.8. The third-order valence-corrected chi connectivity index (χ3v) is 5.56. The molecular weight excluding hydrogens is 370 g/mol. The summed E-state index contributed by atoms with van der Waals surface area (Å²) >= 11 is 0. The van der Waals surface area contributed by atoms with E-state index in [1.165, 1.54) is 33.3 Å². The molecule has 0 aromatic heterocycles. The number of carbonyl (C=O) groups excluding carboxylic acids is 1. The zero-order valence-corrected chi connectivity index (χ0v) is 16.5. The fraction of sp³-hybridized carbons (Fsp3) is 0.278. The van der Waals surface area contributed by atoms with Crippen LogP contribution in [0.4, 0.5) is 11.4 Å². The van der Waals surface area contributed by atoms with E-state index in [0.717, 1.165) is 4.31 Å². The number of ether oxygens (including phenoxy) is 2. The van der Waals surface area contributed by atoms with Gasteiger partial charge in [0.05, 0.1) is 31.3 Å². The maximum Gasteiger partial charge on any atom is 0.243 e. The molecule has 0 aliphatic carbocycles. The molecule has 0 unspecified atom stereocenters. The van der Waals surface area contributed by atoms with E-state index in [-0.39, 0.29) is 17.3 Å². The summed E-state index contributed by atoms with van der Waals surface area (Å²) in [6.07, 6.45) is 0. The van der Waals surface area contributed by atoms with Crippen molar-refractivity contribution in [1.82, 2.24) is 4.31 Å². The summed E-state index contributed by atoms with van der Waals surface area (Å²) in [5.74, 6) is 0.781. The van der Waals surface area contributed by atoms with Crippen molar-refractivity contribution < 1.29 is 22.7 Å². The monoisotopic (exact) mass is 393 g/mol. The molecule has 0 saturated heterocycles. The van der Waals surface area contributed by atoms with Crippen LogP contribution in [0, 0.1) is 0 Å². The number of hydrogen-bond acceptors (Lipinski definition) is 6. The van der Waals surface area contributed by atoms with Crippen molar-refractivity contribution in [2.75, 3.05) is 45.5 Å². The van der Waals surface area contributed by atoms with Gasteiger partial charge >= 0.3 is 0 Å². The summed E-state index contributed by atoms with van der Waals surface area (Å²) < 4.78 is 35.9. The molecule has 2 rings (SSSR count). The second-order valence-corrected chi connectivity index (χ2v) is 7.94. The number of rotatable bonds is 8. The number of benzene rings is 2. The first-order valence-corrected chi connectivity index (χ1v) is 9.50. The molecule has 2 aromatic rings. The SMILES string of the molecule is COc1ccc(NC(=O)CNc2cccc(S(=O)(=O)N(C)C)c2)c(OC)c1. The van der Waals surface area contributed by atoms with E-state index in [0.29, 0.717) is 22.9 Å². The highest BCUT2D eigenvalue weighted by molar-refractivity contribution is 7.89. The van der Waals surface area contributed by atoms with Crippen molar-refractivity contribution in [2.24, 2.45) is 0 Å². The Bertz CT molecular complexity index is 913. The number of nitrogens with one attached hydrogen (secondary N) is 2. The Morgan fingerprint density at radius 2 is 1.81 bits per heavy atom. The summed E-state index contributed by atoms with van der Waals surface area (Å²) in [5, 5.41) is 5.65. The van der Waals surface area contributed by atoms with Crippen LogP contribution in [-0.4, -0.2) is 53.5 Å². The van der Waals surface area contributed by atoms with Crippen molar-refractivity contribution in [3.05, 3.63) is 42.5 Å². The minimum atomic E-state index is -3.54. The standard InChI is InChI=1S/C18H23N3O5S/c1-21(2)27(23,24)15-7-5-6-13(10-15)19-12-18(22)20-16-9-8-14(25-3)11-17(16)26-4/h5-11,19H,12H2,1-4H3,(H,20,22). The second-order valence-electron chi connectivity index (χ2n) is 5.78. The molecule has 0 heterocycles. The van der Waals surface area contributed by atoms with Gasteiger partial charge in [-0.15, -0.1) is 0 Å². The van der Waals surface area contributed by atoms with E-state index in [1.807, 2.05) is 0 Å². The predicted molar refractivity (Wildman–Crippen MR) is 104 cm³/mol. The van der Waals surface area contributed by atoms with Crippen LogP contribution in [0.2, 0.25) is 0 Å². The van der Waals surface area contributed by atoms with Crippen LogP contribution >= 0.6 is 0 Å². The maximum absolute atomic E-state index is 12.2. The van der Waals surface area contributed by atoms with E-state index in [4.69, 9.17) is 9.47 Å². The highest BCUT2D eigenvalue weighted by atomic mass is 32.2. The summed E-state index contributed by atoms with van der Waals surface area (Å²) in [5.41, 5.74) is 1.03. The zero-order valence-electron chi connectivity index (χ0n) is 15.6. The Hall–Kier alpha value is -2.78. The van der Waals surface area contributed by atoms with Gasteiger partial charge in [-0.25, -0.2) is 12.7 Å². The van der Waals surface area contributed by atoms with Crippen molar-refractivity contribution in [3.8, 4) is 11.5 Å². The minimum Gasteiger partial charge on any atom is -0.497 e. The molecular formula is C18H23N3O5S. The van der Waals surface area contributed by atoms with E-state index in [1.54, 1.807) is 37.4 Å². The molecule has 0 radical (unpaired) electrons. The number of methoxy groups -OCH3 is 2. The first kappa shape index (κ1) is 20.5. The second kappa shape index (κ2) is 8.74. The van der Waals surface area contributed by atoms with Crippen LogP contribution in [-0.2, 0) is 14.8 Å². The molecule has 9 heteroatoms. The van der Waals surface area contributed by atoms with Crippen molar-refractivity contribution in [2.45, 2.75) is 4.90 Å². The van der Waals surface area contributed by atoms with E-state index >= 15 is 0 Å². The lowest BCUT2D eigenvalue weighted by Gasteiger charge is -2.14. The quantitative estimate of drug-likeness (QED) is 0.712. The normalized spacial score (nSPS) is 11.1. The van der Waals surface area contributed by atoms with Gasteiger partial charge in [0.15, 0.2) is 0 Å². The average Bonchev–Trinajstić information content (AvgIpc) is 2.66. The topological polar surface area (TPSA) is 97.0 Å². The van der Waals surface area contributed by atoms with Crippen LogP contribution < -0.4 is 20.1 Å². The van der Waals surface area contributed by atoms with Gasteiger partial charge < -0.3 is 20.1 Å². The molecule has 1 amide bonds. The Labute approximate surface area is 159 Å². The molecule has 0 fully saturated rings. The van der Waals surface area contributed by atoms with Crippen LogP contribution in [0.25, 0.3) is 0 Å². The van der Waals surface area contributed by atoms with Gasteiger partial charge in [0, 0.05) is 25.8 Å². The molecule has 0 spiro atoms. The highest BCUT2D eigenvalue weighted by Gasteiger charge is 2.17. The summed E-state index contributed by atoms with van der Waals surface area (Å²) in [6.45, 7) is -0.0410. The van der Waals surface area contributed by atoms with Crippen LogP contribution in [0.1, 0.15) is 0 Å². The third-order valence-electron chi connectivity index (χ3n) is 3.75. The number of anilines is 2. The number of hydrogen-bond donors (Lipinski definition) is 2. The molecule has 0 aliphatic heterocycles. The van der Waals surface area contributed by atoms with Crippen molar-refractivity contribution in [1.29, 1.82) is 0 Å². The Morgan fingerprint density at radius 1 is 1.07 bits per heavy atom. The predicted octanol–water partition coefficient (Wildman–Crippen LogP) is 2.00. The Morgan fingerprint density at radius 3 is 2.44 bits per heavy atom. The van der Waals surface area contributed by atoms with Crippen LogP contribution in [0.3, 0.4) is 0 Å². The van der Waals surface area contributed by atoms with Gasteiger partial charge in [-0.1, -0.05) is 6.07 Å². The highest BCUT2D eigenvalue weighted by Crippen LogP contribution is 2.29. The van der Waals surface area contributed by atoms with E-state index in [9.17, 15) is 13.2 Å². The molecule has 0 bridgehead atoms.